The van der Waals surface area contributed by atoms with Crippen LogP contribution in [0.2, 0.25) is 0 Å². The van der Waals surface area contributed by atoms with Crippen LogP contribution in [0.1, 0.15) is 6.92 Å². The quantitative estimate of drug-likeness (QED) is 0.615. The monoisotopic (exact) mass is 180 g/mol. The van der Waals surface area contributed by atoms with E-state index >= 15 is 0 Å². The van der Waals surface area contributed by atoms with Crippen LogP contribution in [0.4, 0.5) is 13.2 Å². The van der Waals surface area contributed by atoms with Gasteiger partial charge in [0.2, 0.25) is 6.29 Å². The molecule has 0 radical (unpaired) electrons. The van der Waals surface area contributed by atoms with Crippen LogP contribution in [0.15, 0.2) is 23.5 Å². The Labute approximate surface area is 66.9 Å². The van der Waals surface area contributed by atoms with E-state index in [1.165, 1.54) is 6.92 Å². The molecule has 0 spiro atoms. The van der Waals surface area contributed by atoms with Gasteiger partial charge in [0.05, 0.1) is 6.26 Å². The normalized spacial score (nSPS) is 24.2. The lowest BCUT2D eigenvalue weighted by molar-refractivity contribution is -0.137. The summed E-state index contributed by atoms with van der Waals surface area (Å²) < 4.78 is 40.4. The Bertz CT molecular complexity index is 240. The molecule has 0 amide bonds. The molecule has 1 atom stereocenters. The summed E-state index contributed by atoms with van der Waals surface area (Å²) in [6.45, 7) is 1.46. The Balaban J connectivity index is 2.94. The summed E-state index contributed by atoms with van der Waals surface area (Å²) in [5, 5.41) is 8.77. The van der Waals surface area contributed by atoms with E-state index in [0.717, 1.165) is 12.3 Å². The highest BCUT2D eigenvalue weighted by atomic mass is 19.4. The fourth-order valence-electron chi connectivity index (χ4n) is 0.818. The summed E-state index contributed by atoms with van der Waals surface area (Å²) >= 11 is 0. The van der Waals surface area contributed by atoms with Crippen molar-refractivity contribution in [2.24, 2.45) is 0 Å². The number of aliphatic hydroxyl groups excluding tert-OH is 1. The zero-order valence-corrected chi connectivity index (χ0v) is 6.22. The van der Waals surface area contributed by atoms with Crippen LogP contribution in [-0.2, 0) is 4.74 Å². The number of halogens is 3. The van der Waals surface area contributed by atoms with E-state index in [1.807, 2.05) is 0 Å². The van der Waals surface area contributed by atoms with E-state index < -0.39 is 18.0 Å². The number of aliphatic hydroxyl groups is 1. The molecule has 1 aliphatic rings. The van der Waals surface area contributed by atoms with Crippen LogP contribution in [-0.4, -0.2) is 17.6 Å². The van der Waals surface area contributed by atoms with Gasteiger partial charge in [0, 0.05) is 0 Å². The number of rotatable bonds is 0. The van der Waals surface area contributed by atoms with Crippen molar-refractivity contribution in [1.29, 1.82) is 0 Å². The first kappa shape index (κ1) is 9.12. The fraction of sp³-hybridized carbons (Fsp3) is 0.429. The van der Waals surface area contributed by atoms with Gasteiger partial charge in [-0.05, 0) is 18.6 Å². The molecule has 1 unspecified atom stereocenters. The van der Waals surface area contributed by atoms with E-state index in [-0.39, 0.29) is 0 Å². The first-order valence-corrected chi connectivity index (χ1v) is 3.20. The van der Waals surface area contributed by atoms with Crippen molar-refractivity contribution in [2.45, 2.75) is 19.4 Å². The zero-order valence-electron chi connectivity index (χ0n) is 6.22. The van der Waals surface area contributed by atoms with Crippen molar-refractivity contribution >= 4 is 0 Å². The van der Waals surface area contributed by atoms with Crippen LogP contribution >= 0.6 is 0 Å². The van der Waals surface area contributed by atoms with Gasteiger partial charge in [0.25, 0.3) is 0 Å². The minimum atomic E-state index is -4.53. The summed E-state index contributed by atoms with van der Waals surface area (Å²) in [6.07, 6.45) is -4.49. The molecule has 1 rings (SSSR count). The predicted octanol–water partition coefficient (Wildman–Crippen LogP) is 1.73. The first-order chi connectivity index (χ1) is 5.41. The maximum atomic E-state index is 12.0. The average Bonchev–Trinajstić information content (AvgIpc) is 1.92. The molecular formula is C7H7F3O2. The second-order valence-corrected chi connectivity index (χ2v) is 2.45. The minimum absolute atomic E-state index is 0.327. The van der Waals surface area contributed by atoms with E-state index in [0.29, 0.717) is 5.57 Å². The molecule has 12 heavy (non-hydrogen) atoms. The highest BCUT2D eigenvalue weighted by Crippen LogP contribution is 2.31. The molecule has 1 N–H and O–H groups in total. The molecule has 0 aromatic carbocycles. The molecular weight excluding hydrogens is 173 g/mol. The first-order valence-electron chi connectivity index (χ1n) is 3.20. The summed E-state index contributed by atoms with van der Waals surface area (Å²) in [7, 11) is 0. The highest BCUT2D eigenvalue weighted by Gasteiger charge is 2.40. The number of alkyl halides is 3. The van der Waals surface area contributed by atoms with Gasteiger partial charge in [-0.2, -0.15) is 13.2 Å². The van der Waals surface area contributed by atoms with E-state index in [4.69, 9.17) is 5.11 Å². The SMILES string of the molecule is CC1=COC(O)C(C(F)(F)F)=C1. The minimum Gasteiger partial charge on any atom is -0.468 e. The van der Waals surface area contributed by atoms with Gasteiger partial charge in [0.1, 0.15) is 5.57 Å². The zero-order chi connectivity index (χ0) is 9.35. The third kappa shape index (κ3) is 1.79. The molecule has 1 aliphatic heterocycles. The van der Waals surface area contributed by atoms with Gasteiger partial charge in [-0.25, -0.2) is 0 Å². The Morgan fingerprint density at radius 2 is 2.08 bits per heavy atom. The standard InChI is InChI=1S/C7H7F3O2/c1-4-2-5(7(8,9)10)6(11)12-3-4/h2-3,6,11H,1H3. The van der Waals surface area contributed by atoms with Gasteiger partial charge in [-0.1, -0.05) is 0 Å². The Kier molecular flexibility index (Phi) is 2.14. The van der Waals surface area contributed by atoms with Crippen LogP contribution in [0.5, 0.6) is 0 Å². The van der Waals surface area contributed by atoms with E-state index in [1.54, 1.807) is 0 Å². The van der Waals surface area contributed by atoms with Gasteiger partial charge >= 0.3 is 6.18 Å². The van der Waals surface area contributed by atoms with Crippen molar-refractivity contribution in [3.63, 3.8) is 0 Å². The summed E-state index contributed by atoms with van der Waals surface area (Å²) in [4.78, 5) is 0. The average molecular weight is 180 g/mol. The van der Waals surface area contributed by atoms with Crippen molar-refractivity contribution in [3.8, 4) is 0 Å². The van der Waals surface area contributed by atoms with Crippen molar-refractivity contribution in [2.75, 3.05) is 0 Å². The Morgan fingerprint density at radius 3 is 2.50 bits per heavy atom. The molecule has 5 heteroatoms. The Morgan fingerprint density at radius 1 is 1.50 bits per heavy atom. The molecule has 0 aromatic heterocycles. The third-order valence-corrected chi connectivity index (χ3v) is 1.36. The van der Waals surface area contributed by atoms with Gasteiger partial charge in [0.15, 0.2) is 0 Å². The molecule has 0 aromatic rings. The van der Waals surface area contributed by atoms with Crippen molar-refractivity contribution < 1.29 is 23.0 Å². The summed E-state index contributed by atoms with van der Waals surface area (Å²) in [5.74, 6) is 0. The largest absolute Gasteiger partial charge is 0.468 e. The summed E-state index contributed by atoms with van der Waals surface area (Å²) in [5.41, 5.74) is -0.741. The second-order valence-electron chi connectivity index (χ2n) is 2.45. The Hall–Kier alpha value is -0.970. The van der Waals surface area contributed by atoms with Crippen molar-refractivity contribution in [1.82, 2.24) is 0 Å². The van der Waals surface area contributed by atoms with Crippen LogP contribution < -0.4 is 0 Å². The lowest BCUT2D eigenvalue weighted by Crippen LogP contribution is -2.27. The van der Waals surface area contributed by atoms with Gasteiger partial charge in [-0.3, -0.25) is 0 Å². The molecule has 0 bridgehead atoms. The topological polar surface area (TPSA) is 29.5 Å². The number of hydrogen-bond donors (Lipinski definition) is 1. The molecule has 0 aliphatic carbocycles. The highest BCUT2D eigenvalue weighted by molar-refractivity contribution is 5.27. The number of hydrogen-bond acceptors (Lipinski definition) is 2. The maximum absolute atomic E-state index is 12.0. The molecule has 0 fully saturated rings. The third-order valence-electron chi connectivity index (χ3n) is 1.36. The summed E-state index contributed by atoms with van der Waals surface area (Å²) in [6, 6.07) is 0. The van der Waals surface area contributed by atoms with Gasteiger partial charge < -0.3 is 9.84 Å². The maximum Gasteiger partial charge on any atom is 0.418 e. The second kappa shape index (κ2) is 2.82. The van der Waals surface area contributed by atoms with E-state index in [2.05, 4.69) is 4.74 Å². The molecule has 1 heterocycles. The molecule has 0 saturated carbocycles. The predicted molar refractivity (Wildman–Crippen MR) is 35.0 cm³/mol. The molecule has 2 nitrogen and oxygen atoms in total. The number of allylic oxidation sites excluding steroid dienone is 2. The van der Waals surface area contributed by atoms with Crippen LogP contribution in [0.25, 0.3) is 0 Å². The van der Waals surface area contributed by atoms with Crippen LogP contribution in [0.3, 0.4) is 0 Å². The fourth-order valence-corrected chi connectivity index (χ4v) is 0.818. The number of ether oxygens (including phenoxy) is 1. The van der Waals surface area contributed by atoms with E-state index in [9.17, 15) is 13.2 Å². The lowest BCUT2D eigenvalue weighted by atomic mass is 10.1. The molecule has 0 saturated heterocycles. The van der Waals surface area contributed by atoms with Crippen LogP contribution in [0, 0.1) is 0 Å². The lowest BCUT2D eigenvalue weighted by Gasteiger charge is -2.20. The van der Waals surface area contributed by atoms with Gasteiger partial charge in [-0.15, -0.1) is 0 Å². The van der Waals surface area contributed by atoms with Crippen molar-refractivity contribution in [3.05, 3.63) is 23.5 Å². The molecule has 68 valence electrons. The smallest absolute Gasteiger partial charge is 0.418 e.